The fraction of sp³-hybridized carbons (Fsp3) is 0.692. The van der Waals surface area contributed by atoms with Crippen molar-refractivity contribution >= 4 is 21.4 Å². The van der Waals surface area contributed by atoms with Gasteiger partial charge >= 0.3 is 0 Å². The molecule has 1 fully saturated rings. The van der Waals surface area contributed by atoms with E-state index in [1.54, 1.807) is 12.1 Å². The highest BCUT2D eigenvalue weighted by atomic mass is 32.2. The fourth-order valence-electron chi connectivity index (χ4n) is 2.86. The van der Waals surface area contributed by atoms with E-state index in [0.717, 1.165) is 24.1 Å². The van der Waals surface area contributed by atoms with E-state index in [9.17, 15) is 8.42 Å². The van der Waals surface area contributed by atoms with Gasteiger partial charge in [0.15, 0.2) is 0 Å². The molecule has 1 aliphatic rings. The van der Waals surface area contributed by atoms with Crippen LogP contribution in [0.5, 0.6) is 0 Å². The smallest absolute Gasteiger partial charge is 0.250 e. The largest absolute Gasteiger partial charge is 0.326 e. The van der Waals surface area contributed by atoms with Gasteiger partial charge in [-0.25, -0.2) is 13.1 Å². The third-order valence-corrected chi connectivity index (χ3v) is 7.25. The lowest BCUT2D eigenvalue weighted by Gasteiger charge is -2.20. The van der Waals surface area contributed by atoms with Crippen molar-refractivity contribution in [1.29, 1.82) is 0 Å². The standard InChI is InChI=1S/C13H22N2O2S2/c1-3-10-4-6-12(9(10)2)15-19(16,17)13-7-5-11(8-14)18-13/h5,7,9-10,12,15H,3-4,6,8,14H2,1-2H3. The molecule has 2 rings (SSSR count). The molecule has 0 saturated heterocycles. The quantitative estimate of drug-likeness (QED) is 0.876. The summed E-state index contributed by atoms with van der Waals surface area (Å²) in [5, 5.41) is 0. The summed E-state index contributed by atoms with van der Waals surface area (Å²) in [6.45, 7) is 4.71. The van der Waals surface area contributed by atoms with Crippen LogP contribution in [-0.2, 0) is 16.6 Å². The van der Waals surface area contributed by atoms with Gasteiger partial charge in [-0.2, -0.15) is 0 Å². The molecule has 1 aromatic rings. The van der Waals surface area contributed by atoms with E-state index >= 15 is 0 Å². The summed E-state index contributed by atoms with van der Waals surface area (Å²) in [5.41, 5.74) is 5.52. The van der Waals surface area contributed by atoms with Crippen LogP contribution in [0.25, 0.3) is 0 Å². The molecule has 1 heterocycles. The molecule has 0 bridgehead atoms. The van der Waals surface area contributed by atoms with E-state index in [2.05, 4.69) is 18.6 Å². The first-order valence-electron chi connectivity index (χ1n) is 6.79. The van der Waals surface area contributed by atoms with Gasteiger partial charge in [0, 0.05) is 17.5 Å². The lowest BCUT2D eigenvalue weighted by atomic mass is 9.94. The van der Waals surface area contributed by atoms with Gasteiger partial charge in [0.05, 0.1) is 0 Å². The number of rotatable bonds is 5. The van der Waals surface area contributed by atoms with Crippen LogP contribution < -0.4 is 10.5 Å². The summed E-state index contributed by atoms with van der Waals surface area (Å²) < 4.78 is 27.9. The van der Waals surface area contributed by atoms with Gasteiger partial charge in [-0.05, 0) is 36.8 Å². The summed E-state index contributed by atoms with van der Waals surface area (Å²) in [7, 11) is -3.38. The van der Waals surface area contributed by atoms with Crippen LogP contribution in [0.3, 0.4) is 0 Å². The minimum absolute atomic E-state index is 0.0679. The van der Waals surface area contributed by atoms with Gasteiger partial charge in [0.2, 0.25) is 10.0 Å². The molecule has 0 spiro atoms. The molecule has 19 heavy (non-hydrogen) atoms. The highest BCUT2D eigenvalue weighted by Crippen LogP contribution is 2.35. The average molecular weight is 302 g/mol. The van der Waals surface area contributed by atoms with E-state index in [-0.39, 0.29) is 6.04 Å². The van der Waals surface area contributed by atoms with Crippen LogP contribution in [-0.4, -0.2) is 14.5 Å². The normalized spacial score (nSPS) is 27.8. The van der Waals surface area contributed by atoms with Gasteiger partial charge in [0.25, 0.3) is 0 Å². The second-order valence-electron chi connectivity index (χ2n) is 5.26. The third kappa shape index (κ3) is 3.18. The maximum absolute atomic E-state index is 12.3. The molecule has 108 valence electrons. The lowest BCUT2D eigenvalue weighted by Crippen LogP contribution is -2.37. The molecule has 4 nitrogen and oxygen atoms in total. The summed E-state index contributed by atoms with van der Waals surface area (Å²) in [6, 6.07) is 3.50. The van der Waals surface area contributed by atoms with E-state index in [1.165, 1.54) is 11.3 Å². The topological polar surface area (TPSA) is 72.2 Å². The highest BCUT2D eigenvalue weighted by Gasteiger charge is 2.34. The first-order valence-corrected chi connectivity index (χ1v) is 9.09. The minimum atomic E-state index is -3.38. The number of hydrogen-bond donors (Lipinski definition) is 2. The van der Waals surface area contributed by atoms with Gasteiger partial charge in [-0.3, -0.25) is 0 Å². The Morgan fingerprint density at radius 3 is 2.68 bits per heavy atom. The van der Waals surface area contributed by atoms with E-state index < -0.39 is 10.0 Å². The van der Waals surface area contributed by atoms with Crippen molar-refractivity contribution in [3.8, 4) is 0 Å². The molecular weight excluding hydrogens is 280 g/mol. The number of nitrogens with two attached hydrogens (primary N) is 1. The Balaban J connectivity index is 2.09. The van der Waals surface area contributed by atoms with Crippen LogP contribution in [0.1, 0.15) is 38.0 Å². The van der Waals surface area contributed by atoms with Crippen LogP contribution >= 0.6 is 11.3 Å². The Labute approximate surface area is 119 Å². The third-order valence-electron chi connectivity index (χ3n) is 4.16. The lowest BCUT2D eigenvalue weighted by molar-refractivity contribution is 0.369. The van der Waals surface area contributed by atoms with E-state index in [0.29, 0.717) is 22.6 Å². The molecule has 0 amide bonds. The zero-order valence-electron chi connectivity index (χ0n) is 11.4. The predicted molar refractivity (Wildman–Crippen MR) is 78.5 cm³/mol. The van der Waals surface area contributed by atoms with Crippen LogP contribution in [0, 0.1) is 11.8 Å². The molecule has 6 heteroatoms. The van der Waals surface area contributed by atoms with Crippen molar-refractivity contribution in [1.82, 2.24) is 4.72 Å². The molecule has 0 aliphatic heterocycles. The van der Waals surface area contributed by atoms with E-state index in [1.807, 2.05) is 0 Å². The number of nitrogens with one attached hydrogen (secondary N) is 1. The molecule has 3 atom stereocenters. The van der Waals surface area contributed by atoms with Crippen molar-refractivity contribution in [3.63, 3.8) is 0 Å². The second kappa shape index (κ2) is 5.91. The molecule has 1 saturated carbocycles. The van der Waals surface area contributed by atoms with Crippen molar-refractivity contribution in [2.75, 3.05) is 0 Å². The summed E-state index contributed by atoms with van der Waals surface area (Å²) in [5.74, 6) is 1.05. The van der Waals surface area contributed by atoms with Gasteiger partial charge in [-0.15, -0.1) is 11.3 Å². The highest BCUT2D eigenvalue weighted by molar-refractivity contribution is 7.91. The second-order valence-corrected chi connectivity index (χ2v) is 8.37. The van der Waals surface area contributed by atoms with Crippen LogP contribution in [0.4, 0.5) is 0 Å². The first kappa shape index (κ1) is 15.0. The molecule has 0 radical (unpaired) electrons. The summed E-state index contributed by atoms with van der Waals surface area (Å²) >= 11 is 1.26. The number of hydrogen-bond acceptors (Lipinski definition) is 4. The Morgan fingerprint density at radius 2 is 2.16 bits per heavy atom. The van der Waals surface area contributed by atoms with Crippen molar-refractivity contribution in [3.05, 3.63) is 17.0 Å². The average Bonchev–Trinajstić information content (AvgIpc) is 2.98. The first-order chi connectivity index (χ1) is 8.97. The molecule has 3 unspecified atom stereocenters. The number of sulfonamides is 1. The molecule has 0 aromatic carbocycles. The maximum Gasteiger partial charge on any atom is 0.250 e. The monoisotopic (exact) mass is 302 g/mol. The van der Waals surface area contributed by atoms with Crippen molar-refractivity contribution < 1.29 is 8.42 Å². The predicted octanol–water partition coefficient (Wildman–Crippen LogP) is 2.31. The molecular formula is C13H22N2O2S2. The Morgan fingerprint density at radius 1 is 1.42 bits per heavy atom. The van der Waals surface area contributed by atoms with Crippen LogP contribution in [0.15, 0.2) is 16.3 Å². The van der Waals surface area contributed by atoms with Crippen molar-refractivity contribution in [2.45, 2.75) is 49.9 Å². The number of thiophene rings is 1. The van der Waals surface area contributed by atoms with Crippen LogP contribution in [0.2, 0.25) is 0 Å². The SMILES string of the molecule is CCC1CCC(NS(=O)(=O)c2ccc(CN)s2)C1C. The Bertz CT molecular complexity index is 525. The molecule has 1 aromatic heterocycles. The fourth-order valence-corrected chi connectivity index (χ4v) is 5.47. The maximum atomic E-state index is 12.3. The zero-order chi connectivity index (χ0) is 14.0. The summed E-state index contributed by atoms with van der Waals surface area (Å²) in [4.78, 5) is 0.895. The van der Waals surface area contributed by atoms with E-state index in [4.69, 9.17) is 5.73 Å². The Hall–Kier alpha value is -0.430. The van der Waals surface area contributed by atoms with Gasteiger partial charge < -0.3 is 5.73 Å². The van der Waals surface area contributed by atoms with Gasteiger partial charge in [-0.1, -0.05) is 20.3 Å². The molecule has 1 aliphatic carbocycles. The molecule has 3 N–H and O–H groups in total. The minimum Gasteiger partial charge on any atom is -0.326 e. The van der Waals surface area contributed by atoms with Crippen molar-refractivity contribution in [2.24, 2.45) is 17.6 Å². The van der Waals surface area contributed by atoms with Gasteiger partial charge in [0.1, 0.15) is 4.21 Å². The zero-order valence-corrected chi connectivity index (χ0v) is 13.1. The summed E-state index contributed by atoms with van der Waals surface area (Å²) in [6.07, 6.45) is 3.17. The Kier molecular flexibility index (Phi) is 4.66.